The average molecular weight is 260 g/mol. The Balaban J connectivity index is 1.82. The molecule has 0 aliphatic carbocycles. The predicted octanol–water partition coefficient (Wildman–Crippen LogP) is 3.47. The van der Waals surface area contributed by atoms with Crippen molar-refractivity contribution in [3.63, 3.8) is 0 Å². The first-order valence-corrected chi connectivity index (χ1v) is 7.88. The summed E-state index contributed by atoms with van der Waals surface area (Å²) in [7, 11) is 0. The second kappa shape index (κ2) is 7.54. The molecular weight excluding hydrogens is 232 g/mol. The summed E-state index contributed by atoms with van der Waals surface area (Å²) < 4.78 is 0. The van der Waals surface area contributed by atoms with Crippen molar-refractivity contribution in [1.29, 1.82) is 0 Å². The lowest BCUT2D eigenvalue weighted by Gasteiger charge is -2.19. The highest BCUT2D eigenvalue weighted by molar-refractivity contribution is 5.48. The van der Waals surface area contributed by atoms with E-state index in [0.29, 0.717) is 0 Å². The van der Waals surface area contributed by atoms with Crippen molar-refractivity contribution in [3.05, 3.63) is 29.8 Å². The summed E-state index contributed by atoms with van der Waals surface area (Å²) >= 11 is 0. The van der Waals surface area contributed by atoms with Crippen molar-refractivity contribution in [3.8, 4) is 0 Å². The van der Waals surface area contributed by atoms with Gasteiger partial charge in [-0.15, -0.1) is 0 Å². The number of rotatable bonds is 7. The molecule has 1 saturated heterocycles. The number of anilines is 1. The fourth-order valence-corrected chi connectivity index (χ4v) is 2.88. The van der Waals surface area contributed by atoms with Crippen molar-refractivity contribution in [2.24, 2.45) is 5.92 Å². The van der Waals surface area contributed by atoms with Gasteiger partial charge < -0.3 is 10.2 Å². The second-order valence-corrected chi connectivity index (χ2v) is 5.72. The zero-order valence-electron chi connectivity index (χ0n) is 12.5. The Morgan fingerprint density at radius 2 is 1.95 bits per heavy atom. The van der Waals surface area contributed by atoms with Gasteiger partial charge in [0.25, 0.3) is 0 Å². The second-order valence-electron chi connectivity index (χ2n) is 5.72. The van der Waals surface area contributed by atoms with Gasteiger partial charge in [-0.1, -0.05) is 32.4 Å². The molecule has 0 radical (unpaired) electrons. The third kappa shape index (κ3) is 4.24. The zero-order valence-corrected chi connectivity index (χ0v) is 12.5. The van der Waals surface area contributed by atoms with Gasteiger partial charge in [0.1, 0.15) is 0 Å². The fraction of sp³-hybridized carbons (Fsp3) is 0.647. The normalized spacial score (nSPS) is 19.1. The van der Waals surface area contributed by atoms with E-state index in [1.807, 2.05) is 0 Å². The van der Waals surface area contributed by atoms with Gasteiger partial charge in [-0.3, -0.25) is 0 Å². The van der Waals surface area contributed by atoms with E-state index >= 15 is 0 Å². The van der Waals surface area contributed by atoms with Crippen LogP contribution >= 0.6 is 0 Å². The maximum absolute atomic E-state index is 3.55. The van der Waals surface area contributed by atoms with Crippen LogP contribution in [-0.2, 0) is 6.42 Å². The van der Waals surface area contributed by atoms with Crippen LogP contribution in [0.15, 0.2) is 24.3 Å². The van der Waals surface area contributed by atoms with Gasteiger partial charge >= 0.3 is 0 Å². The van der Waals surface area contributed by atoms with E-state index in [0.717, 1.165) is 12.5 Å². The van der Waals surface area contributed by atoms with E-state index in [-0.39, 0.29) is 0 Å². The van der Waals surface area contributed by atoms with Crippen LogP contribution in [0.4, 0.5) is 5.69 Å². The number of nitrogens with zero attached hydrogens (tertiary/aromatic N) is 1. The average Bonchev–Trinajstić information content (AvgIpc) is 2.89. The molecule has 19 heavy (non-hydrogen) atoms. The van der Waals surface area contributed by atoms with Crippen LogP contribution in [-0.4, -0.2) is 26.2 Å². The summed E-state index contributed by atoms with van der Waals surface area (Å²) in [4.78, 5) is 2.54. The van der Waals surface area contributed by atoms with Crippen LogP contribution in [0.3, 0.4) is 0 Å². The van der Waals surface area contributed by atoms with E-state index in [2.05, 4.69) is 48.3 Å². The van der Waals surface area contributed by atoms with Crippen molar-refractivity contribution in [2.75, 3.05) is 31.1 Å². The van der Waals surface area contributed by atoms with Crippen molar-refractivity contribution >= 4 is 5.69 Å². The van der Waals surface area contributed by atoms with Gasteiger partial charge in [0.05, 0.1) is 0 Å². The zero-order chi connectivity index (χ0) is 13.5. The quantitative estimate of drug-likeness (QED) is 0.755. The van der Waals surface area contributed by atoms with Crippen LogP contribution in [0.25, 0.3) is 0 Å². The van der Waals surface area contributed by atoms with E-state index in [4.69, 9.17) is 0 Å². The van der Waals surface area contributed by atoms with Crippen LogP contribution < -0.4 is 10.2 Å². The molecule has 1 aliphatic rings. The number of aryl methyl sites for hydroxylation is 1. The molecule has 0 saturated carbocycles. The first-order valence-electron chi connectivity index (χ1n) is 7.88. The summed E-state index contributed by atoms with van der Waals surface area (Å²) in [6.45, 7) is 9.23. The topological polar surface area (TPSA) is 15.3 Å². The molecule has 2 heteroatoms. The maximum atomic E-state index is 3.55. The molecule has 1 atom stereocenters. The summed E-state index contributed by atoms with van der Waals surface area (Å²) in [6.07, 6.45) is 4.99. The van der Waals surface area contributed by atoms with Crippen LogP contribution in [0.1, 0.15) is 38.7 Å². The van der Waals surface area contributed by atoms with E-state index in [1.165, 1.54) is 56.6 Å². The highest BCUT2D eigenvalue weighted by Gasteiger charge is 2.21. The molecule has 2 rings (SSSR count). The van der Waals surface area contributed by atoms with Gasteiger partial charge in [0.15, 0.2) is 0 Å². The Morgan fingerprint density at radius 1 is 1.16 bits per heavy atom. The molecular formula is C17H28N2. The Kier molecular flexibility index (Phi) is 5.71. The molecule has 1 aliphatic heterocycles. The van der Waals surface area contributed by atoms with Crippen LogP contribution in [0.2, 0.25) is 0 Å². The first kappa shape index (κ1) is 14.4. The number of benzene rings is 1. The third-order valence-electron chi connectivity index (χ3n) is 3.99. The Morgan fingerprint density at radius 3 is 2.63 bits per heavy atom. The molecule has 1 N–H and O–H groups in total. The largest absolute Gasteiger partial charge is 0.371 e. The predicted molar refractivity (Wildman–Crippen MR) is 83.9 cm³/mol. The number of hydrogen-bond donors (Lipinski definition) is 1. The minimum absolute atomic E-state index is 0.821. The molecule has 2 nitrogen and oxygen atoms in total. The Labute approximate surface area is 118 Å². The SMILES string of the molecule is CCCNCC1CCN(c2ccc(CCC)cc2)C1. The molecule has 1 aromatic carbocycles. The molecule has 1 aromatic rings. The summed E-state index contributed by atoms with van der Waals surface area (Å²) in [6, 6.07) is 9.18. The van der Waals surface area contributed by atoms with Crippen LogP contribution in [0, 0.1) is 5.92 Å². The van der Waals surface area contributed by atoms with Gasteiger partial charge in [-0.25, -0.2) is 0 Å². The lowest BCUT2D eigenvalue weighted by Crippen LogP contribution is -2.26. The molecule has 0 aromatic heterocycles. The molecule has 1 heterocycles. The van der Waals surface area contributed by atoms with Gasteiger partial charge in [0, 0.05) is 18.8 Å². The third-order valence-corrected chi connectivity index (χ3v) is 3.99. The molecule has 0 bridgehead atoms. The fourth-order valence-electron chi connectivity index (χ4n) is 2.88. The smallest absolute Gasteiger partial charge is 0.0366 e. The van der Waals surface area contributed by atoms with Gasteiger partial charge in [0.2, 0.25) is 0 Å². The van der Waals surface area contributed by atoms with Gasteiger partial charge in [-0.05, 0) is 56.0 Å². The molecule has 1 unspecified atom stereocenters. The van der Waals surface area contributed by atoms with E-state index in [9.17, 15) is 0 Å². The van der Waals surface area contributed by atoms with Crippen molar-refractivity contribution in [1.82, 2.24) is 5.32 Å². The van der Waals surface area contributed by atoms with Crippen LogP contribution in [0.5, 0.6) is 0 Å². The molecule has 106 valence electrons. The monoisotopic (exact) mass is 260 g/mol. The lowest BCUT2D eigenvalue weighted by molar-refractivity contribution is 0.516. The first-order chi connectivity index (χ1) is 9.33. The lowest BCUT2D eigenvalue weighted by atomic mass is 10.1. The van der Waals surface area contributed by atoms with Gasteiger partial charge in [-0.2, -0.15) is 0 Å². The van der Waals surface area contributed by atoms with Crippen molar-refractivity contribution < 1.29 is 0 Å². The minimum Gasteiger partial charge on any atom is -0.371 e. The molecule has 0 spiro atoms. The maximum Gasteiger partial charge on any atom is 0.0366 e. The summed E-state index contributed by atoms with van der Waals surface area (Å²) in [5.41, 5.74) is 2.87. The summed E-state index contributed by atoms with van der Waals surface area (Å²) in [5, 5.41) is 3.55. The molecule has 0 amide bonds. The van der Waals surface area contributed by atoms with Crippen molar-refractivity contribution in [2.45, 2.75) is 39.5 Å². The van der Waals surface area contributed by atoms with E-state index < -0.39 is 0 Å². The minimum atomic E-state index is 0.821. The number of nitrogens with one attached hydrogen (secondary N) is 1. The standard InChI is InChI=1S/C17H28N2/c1-3-5-15-6-8-17(9-7-15)19-12-10-16(14-19)13-18-11-4-2/h6-9,16,18H,3-5,10-14H2,1-2H3. The number of hydrogen-bond acceptors (Lipinski definition) is 2. The van der Waals surface area contributed by atoms with E-state index in [1.54, 1.807) is 0 Å². The highest BCUT2D eigenvalue weighted by atomic mass is 15.2. The Hall–Kier alpha value is -1.02. The Bertz CT molecular complexity index is 358. The highest BCUT2D eigenvalue weighted by Crippen LogP contribution is 2.24. The molecule has 1 fully saturated rings. The summed E-state index contributed by atoms with van der Waals surface area (Å²) in [5.74, 6) is 0.821.